The summed E-state index contributed by atoms with van der Waals surface area (Å²) in [5.74, 6) is 0.722. The fourth-order valence-corrected chi connectivity index (χ4v) is 3.12. The van der Waals surface area contributed by atoms with E-state index in [0.717, 1.165) is 5.92 Å². The van der Waals surface area contributed by atoms with Crippen molar-refractivity contribution in [3.05, 3.63) is 23.8 Å². The van der Waals surface area contributed by atoms with Crippen molar-refractivity contribution >= 4 is 22.6 Å². The lowest BCUT2D eigenvalue weighted by Gasteiger charge is -2.25. The number of halogens is 1. The molecule has 0 aromatic carbocycles. The molecule has 0 bridgehead atoms. The van der Waals surface area contributed by atoms with Crippen LogP contribution in [0.25, 0.3) is 0 Å². The Bertz CT molecular complexity index is 191. The highest BCUT2D eigenvalue weighted by Crippen LogP contribution is 2.32. The van der Waals surface area contributed by atoms with Crippen molar-refractivity contribution in [1.82, 2.24) is 0 Å². The molecular formula is C10H15I. The maximum Gasteiger partial charge on any atom is 0.0357 e. The molecule has 0 N–H and O–H groups in total. The molecule has 0 aliphatic heterocycles. The summed E-state index contributed by atoms with van der Waals surface area (Å²) < 4.78 is 0.679. The molecular weight excluding hydrogens is 247 g/mol. The van der Waals surface area contributed by atoms with Crippen LogP contribution >= 0.6 is 22.6 Å². The lowest BCUT2D eigenvalue weighted by atomic mass is 9.86. The summed E-state index contributed by atoms with van der Waals surface area (Å²) in [7, 11) is 0. The average molecular weight is 262 g/mol. The normalized spacial score (nSPS) is 31.4. The van der Waals surface area contributed by atoms with Crippen molar-refractivity contribution in [2.45, 2.75) is 30.6 Å². The van der Waals surface area contributed by atoms with Crippen molar-refractivity contribution < 1.29 is 0 Å². The Labute approximate surface area is 82.9 Å². The molecule has 1 aliphatic rings. The third kappa shape index (κ3) is 2.32. The largest absolute Gasteiger partial charge is 0.0998 e. The van der Waals surface area contributed by atoms with Gasteiger partial charge in [-0.2, -0.15) is 0 Å². The van der Waals surface area contributed by atoms with E-state index < -0.39 is 0 Å². The van der Waals surface area contributed by atoms with E-state index in [1.165, 1.54) is 18.4 Å². The van der Waals surface area contributed by atoms with Crippen LogP contribution in [0.2, 0.25) is 0 Å². The summed E-state index contributed by atoms with van der Waals surface area (Å²) in [5, 5.41) is 0. The summed E-state index contributed by atoms with van der Waals surface area (Å²) >= 11 is 2.51. The Morgan fingerprint density at radius 2 is 2.36 bits per heavy atom. The standard InChI is InChI=1S/C10H15I/c1-7(2)9-5-4-8(3)6-10(9)11/h6,9-10H,1,4-5H2,2-3H3/t9-,10+/m0/s1. The van der Waals surface area contributed by atoms with Crippen molar-refractivity contribution in [2.24, 2.45) is 5.92 Å². The Morgan fingerprint density at radius 3 is 2.82 bits per heavy atom. The van der Waals surface area contributed by atoms with Gasteiger partial charge in [-0.1, -0.05) is 46.4 Å². The van der Waals surface area contributed by atoms with Gasteiger partial charge in [-0.15, -0.1) is 0 Å². The van der Waals surface area contributed by atoms with Gasteiger partial charge in [0.2, 0.25) is 0 Å². The fraction of sp³-hybridized carbons (Fsp3) is 0.600. The summed E-state index contributed by atoms with van der Waals surface area (Å²) in [6.45, 7) is 8.39. The van der Waals surface area contributed by atoms with Crippen LogP contribution in [0.5, 0.6) is 0 Å². The molecule has 0 aromatic heterocycles. The number of alkyl halides is 1. The zero-order valence-corrected chi connectivity index (χ0v) is 9.39. The van der Waals surface area contributed by atoms with Crippen LogP contribution in [0, 0.1) is 5.92 Å². The Kier molecular flexibility index (Phi) is 3.16. The summed E-state index contributed by atoms with van der Waals surface area (Å²) in [4.78, 5) is 0. The maximum atomic E-state index is 4.02. The van der Waals surface area contributed by atoms with Crippen molar-refractivity contribution in [2.75, 3.05) is 0 Å². The number of hydrogen-bond donors (Lipinski definition) is 0. The second-order valence-corrected chi connectivity index (χ2v) is 4.89. The summed E-state index contributed by atoms with van der Waals surface area (Å²) in [5.41, 5.74) is 2.88. The molecule has 11 heavy (non-hydrogen) atoms. The molecule has 0 amide bonds. The minimum absolute atomic E-state index is 0.679. The van der Waals surface area contributed by atoms with E-state index in [0.29, 0.717) is 3.92 Å². The first kappa shape index (κ1) is 9.30. The predicted octanol–water partition coefficient (Wildman–Crippen LogP) is 3.72. The van der Waals surface area contributed by atoms with Gasteiger partial charge in [0.05, 0.1) is 0 Å². The Hall–Kier alpha value is 0.210. The molecule has 0 saturated carbocycles. The molecule has 0 fully saturated rings. The molecule has 1 rings (SSSR count). The van der Waals surface area contributed by atoms with E-state index in [-0.39, 0.29) is 0 Å². The second-order valence-electron chi connectivity index (χ2n) is 3.45. The minimum Gasteiger partial charge on any atom is -0.0998 e. The lowest BCUT2D eigenvalue weighted by Crippen LogP contribution is -2.17. The van der Waals surface area contributed by atoms with Gasteiger partial charge >= 0.3 is 0 Å². The van der Waals surface area contributed by atoms with Crippen LogP contribution in [0.1, 0.15) is 26.7 Å². The van der Waals surface area contributed by atoms with Crippen molar-refractivity contribution in [3.8, 4) is 0 Å². The topological polar surface area (TPSA) is 0 Å². The highest BCUT2D eigenvalue weighted by atomic mass is 127. The summed E-state index contributed by atoms with van der Waals surface area (Å²) in [6.07, 6.45) is 4.94. The molecule has 0 unspecified atom stereocenters. The molecule has 0 aromatic rings. The van der Waals surface area contributed by atoms with Crippen LogP contribution in [0.15, 0.2) is 23.8 Å². The Morgan fingerprint density at radius 1 is 1.73 bits per heavy atom. The summed E-state index contributed by atoms with van der Waals surface area (Å²) in [6, 6.07) is 0. The monoisotopic (exact) mass is 262 g/mol. The van der Waals surface area contributed by atoms with Crippen LogP contribution in [-0.4, -0.2) is 3.92 Å². The molecule has 0 radical (unpaired) electrons. The second kappa shape index (κ2) is 3.74. The Balaban J connectivity index is 2.68. The molecule has 1 aliphatic carbocycles. The van der Waals surface area contributed by atoms with Crippen LogP contribution in [-0.2, 0) is 0 Å². The highest BCUT2D eigenvalue weighted by molar-refractivity contribution is 14.1. The SMILES string of the molecule is C=C(C)[C@@H]1CCC(C)=C[C@H]1I. The molecule has 0 saturated heterocycles. The van der Waals surface area contributed by atoms with E-state index in [4.69, 9.17) is 0 Å². The average Bonchev–Trinajstić information content (AvgIpc) is 1.85. The molecule has 0 nitrogen and oxygen atoms in total. The molecule has 0 spiro atoms. The van der Waals surface area contributed by atoms with Crippen molar-refractivity contribution in [1.29, 1.82) is 0 Å². The van der Waals surface area contributed by atoms with Crippen LogP contribution < -0.4 is 0 Å². The van der Waals surface area contributed by atoms with E-state index in [2.05, 4.69) is 49.1 Å². The number of rotatable bonds is 1. The molecule has 2 atom stereocenters. The minimum atomic E-state index is 0.679. The third-order valence-electron chi connectivity index (χ3n) is 2.31. The first-order chi connectivity index (χ1) is 5.11. The number of hydrogen-bond acceptors (Lipinski definition) is 0. The van der Waals surface area contributed by atoms with Gasteiger partial charge in [-0.25, -0.2) is 0 Å². The van der Waals surface area contributed by atoms with Gasteiger partial charge < -0.3 is 0 Å². The predicted molar refractivity (Wildman–Crippen MR) is 59.1 cm³/mol. The lowest BCUT2D eigenvalue weighted by molar-refractivity contribution is 0.562. The fourth-order valence-electron chi connectivity index (χ4n) is 1.53. The number of allylic oxidation sites excluding steroid dienone is 3. The third-order valence-corrected chi connectivity index (χ3v) is 3.54. The maximum absolute atomic E-state index is 4.02. The van der Waals surface area contributed by atoms with Crippen LogP contribution in [0.3, 0.4) is 0 Å². The van der Waals surface area contributed by atoms with Gasteiger partial charge in [0, 0.05) is 3.92 Å². The van der Waals surface area contributed by atoms with Gasteiger partial charge in [0.1, 0.15) is 0 Å². The first-order valence-electron chi connectivity index (χ1n) is 4.08. The van der Waals surface area contributed by atoms with Gasteiger partial charge in [0.25, 0.3) is 0 Å². The molecule has 0 heterocycles. The zero-order valence-electron chi connectivity index (χ0n) is 7.23. The van der Waals surface area contributed by atoms with E-state index in [9.17, 15) is 0 Å². The zero-order chi connectivity index (χ0) is 8.43. The van der Waals surface area contributed by atoms with E-state index in [1.807, 2.05) is 0 Å². The van der Waals surface area contributed by atoms with Gasteiger partial charge in [-0.05, 0) is 32.6 Å². The quantitative estimate of drug-likeness (QED) is 0.384. The van der Waals surface area contributed by atoms with Gasteiger partial charge in [0.15, 0.2) is 0 Å². The first-order valence-corrected chi connectivity index (χ1v) is 5.32. The van der Waals surface area contributed by atoms with Gasteiger partial charge in [-0.3, -0.25) is 0 Å². The highest BCUT2D eigenvalue weighted by Gasteiger charge is 2.21. The smallest absolute Gasteiger partial charge is 0.0357 e. The molecule has 62 valence electrons. The van der Waals surface area contributed by atoms with Crippen molar-refractivity contribution in [3.63, 3.8) is 0 Å². The van der Waals surface area contributed by atoms with E-state index in [1.54, 1.807) is 5.57 Å². The molecule has 1 heteroatoms. The van der Waals surface area contributed by atoms with Crippen LogP contribution in [0.4, 0.5) is 0 Å². The van der Waals surface area contributed by atoms with E-state index >= 15 is 0 Å².